The van der Waals surface area contributed by atoms with Gasteiger partial charge in [0.05, 0.1) is 18.4 Å². The fourth-order valence-electron chi connectivity index (χ4n) is 2.57. The van der Waals surface area contributed by atoms with Gasteiger partial charge in [-0.2, -0.15) is 0 Å². The zero-order valence-electron chi connectivity index (χ0n) is 12.2. The summed E-state index contributed by atoms with van der Waals surface area (Å²) >= 11 is 1.70. The number of anilines is 1. The summed E-state index contributed by atoms with van der Waals surface area (Å²) in [5, 5.41) is 3.21. The Bertz CT molecular complexity index is 572. The van der Waals surface area contributed by atoms with Gasteiger partial charge in [-0.15, -0.1) is 11.3 Å². The van der Waals surface area contributed by atoms with Crippen LogP contribution in [0.3, 0.4) is 0 Å². The van der Waals surface area contributed by atoms with Crippen LogP contribution in [0.1, 0.15) is 24.2 Å². The number of nitrogens with zero attached hydrogens (tertiary/aromatic N) is 2. The quantitative estimate of drug-likeness (QED) is 0.943. The highest BCUT2D eigenvalue weighted by molar-refractivity contribution is 7.13. The minimum absolute atomic E-state index is 0.00441. The average molecular weight is 303 g/mol. The van der Waals surface area contributed by atoms with E-state index in [2.05, 4.69) is 29.3 Å². The number of ether oxygens (including phenoxy) is 1. The number of hydrogen-bond acceptors (Lipinski definition) is 5. The van der Waals surface area contributed by atoms with Crippen LogP contribution in [0.2, 0.25) is 0 Å². The molecule has 1 saturated heterocycles. The van der Waals surface area contributed by atoms with E-state index in [1.807, 2.05) is 18.2 Å². The molecule has 1 aliphatic heterocycles. The molecule has 2 aromatic rings. The molecule has 1 aromatic heterocycles. The highest BCUT2D eigenvalue weighted by Gasteiger charge is 2.20. The van der Waals surface area contributed by atoms with E-state index in [0.29, 0.717) is 0 Å². The third-order valence-electron chi connectivity index (χ3n) is 3.71. The predicted molar refractivity (Wildman–Crippen MR) is 86.8 cm³/mol. The van der Waals surface area contributed by atoms with Crippen LogP contribution in [-0.2, 0) is 11.2 Å². The molecule has 0 spiro atoms. The minimum atomic E-state index is 0.00441. The lowest BCUT2D eigenvalue weighted by Gasteiger charge is -2.30. The molecular weight excluding hydrogens is 282 g/mol. The monoisotopic (exact) mass is 303 g/mol. The highest BCUT2D eigenvalue weighted by atomic mass is 32.1. The van der Waals surface area contributed by atoms with Crippen molar-refractivity contribution in [3.05, 3.63) is 47.0 Å². The van der Waals surface area contributed by atoms with Gasteiger partial charge in [0, 0.05) is 30.9 Å². The molecule has 2 atom stereocenters. The zero-order chi connectivity index (χ0) is 14.7. The Labute approximate surface area is 129 Å². The summed E-state index contributed by atoms with van der Waals surface area (Å²) in [5.74, 6) is 0. The molecule has 1 fully saturated rings. The molecule has 2 unspecified atom stereocenters. The standard InChI is InChI=1S/C16H21N3OS/c1-12-10-19(7-8-20-12)16-18-14(11-21-16)9-15(17)13-5-3-2-4-6-13/h2-6,11-12,15H,7-10,17H2,1H3. The van der Waals surface area contributed by atoms with Gasteiger partial charge in [0.15, 0.2) is 5.13 Å². The first-order valence-electron chi connectivity index (χ1n) is 7.34. The van der Waals surface area contributed by atoms with Crippen molar-refractivity contribution in [3.63, 3.8) is 0 Å². The maximum atomic E-state index is 6.27. The van der Waals surface area contributed by atoms with E-state index in [1.54, 1.807) is 11.3 Å². The lowest BCUT2D eigenvalue weighted by atomic mass is 10.0. The zero-order valence-corrected chi connectivity index (χ0v) is 13.1. The van der Waals surface area contributed by atoms with Crippen LogP contribution in [-0.4, -0.2) is 30.8 Å². The molecule has 3 rings (SSSR count). The van der Waals surface area contributed by atoms with Crippen LogP contribution >= 0.6 is 11.3 Å². The molecule has 0 bridgehead atoms. The Morgan fingerprint density at radius 1 is 1.43 bits per heavy atom. The summed E-state index contributed by atoms with van der Waals surface area (Å²) in [6, 6.07) is 10.2. The smallest absolute Gasteiger partial charge is 0.185 e. The lowest BCUT2D eigenvalue weighted by molar-refractivity contribution is 0.0532. The van der Waals surface area contributed by atoms with Gasteiger partial charge >= 0.3 is 0 Å². The van der Waals surface area contributed by atoms with Gasteiger partial charge in [0.25, 0.3) is 0 Å². The number of morpholine rings is 1. The molecule has 21 heavy (non-hydrogen) atoms. The number of benzene rings is 1. The van der Waals surface area contributed by atoms with Gasteiger partial charge in [-0.25, -0.2) is 4.98 Å². The molecule has 0 aliphatic carbocycles. The topological polar surface area (TPSA) is 51.4 Å². The van der Waals surface area contributed by atoms with Crippen molar-refractivity contribution in [3.8, 4) is 0 Å². The molecule has 1 aliphatic rings. The third-order valence-corrected chi connectivity index (χ3v) is 4.66. The number of thiazole rings is 1. The van der Waals surface area contributed by atoms with E-state index in [4.69, 9.17) is 15.5 Å². The fraction of sp³-hybridized carbons (Fsp3) is 0.438. The van der Waals surface area contributed by atoms with E-state index in [0.717, 1.165) is 42.5 Å². The van der Waals surface area contributed by atoms with Crippen molar-refractivity contribution in [2.45, 2.75) is 25.5 Å². The normalized spacial score (nSPS) is 20.5. The van der Waals surface area contributed by atoms with Crippen molar-refractivity contribution >= 4 is 16.5 Å². The van der Waals surface area contributed by atoms with E-state index in [1.165, 1.54) is 0 Å². The molecule has 2 N–H and O–H groups in total. The van der Waals surface area contributed by atoms with E-state index in [-0.39, 0.29) is 12.1 Å². The highest BCUT2D eigenvalue weighted by Crippen LogP contribution is 2.25. The molecule has 0 saturated carbocycles. The largest absolute Gasteiger partial charge is 0.375 e. The molecule has 0 amide bonds. The molecule has 4 nitrogen and oxygen atoms in total. The minimum Gasteiger partial charge on any atom is -0.375 e. The van der Waals surface area contributed by atoms with Gasteiger partial charge < -0.3 is 15.4 Å². The second-order valence-electron chi connectivity index (χ2n) is 5.47. The maximum Gasteiger partial charge on any atom is 0.185 e. The van der Waals surface area contributed by atoms with Crippen molar-refractivity contribution in [2.24, 2.45) is 5.73 Å². The molecule has 5 heteroatoms. The van der Waals surface area contributed by atoms with Gasteiger partial charge in [-0.05, 0) is 12.5 Å². The van der Waals surface area contributed by atoms with Crippen LogP contribution < -0.4 is 10.6 Å². The van der Waals surface area contributed by atoms with Crippen molar-refractivity contribution in [2.75, 3.05) is 24.6 Å². The summed E-state index contributed by atoms with van der Waals surface area (Å²) in [5.41, 5.74) is 8.50. The lowest BCUT2D eigenvalue weighted by Crippen LogP contribution is -2.41. The molecule has 1 aromatic carbocycles. The third kappa shape index (κ3) is 3.61. The van der Waals surface area contributed by atoms with E-state index < -0.39 is 0 Å². The van der Waals surface area contributed by atoms with Gasteiger partial charge in [-0.3, -0.25) is 0 Å². The van der Waals surface area contributed by atoms with Crippen LogP contribution in [0.15, 0.2) is 35.7 Å². The average Bonchev–Trinajstić information content (AvgIpc) is 2.97. The van der Waals surface area contributed by atoms with Gasteiger partial charge in [0.1, 0.15) is 0 Å². The van der Waals surface area contributed by atoms with E-state index >= 15 is 0 Å². The first-order chi connectivity index (χ1) is 10.2. The van der Waals surface area contributed by atoms with Gasteiger partial charge in [0.2, 0.25) is 0 Å². The first kappa shape index (κ1) is 14.5. The van der Waals surface area contributed by atoms with Crippen molar-refractivity contribution in [1.82, 2.24) is 4.98 Å². The molecular formula is C16H21N3OS. The molecule has 0 radical (unpaired) electrons. The summed E-state index contributed by atoms with van der Waals surface area (Å²) < 4.78 is 5.57. The van der Waals surface area contributed by atoms with Crippen molar-refractivity contribution in [1.29, 1.82) is 0 Å². The summed E-state index contributed by atoms with van der Waals surface area (Å²) in [4.78, 5) is 7.04. The first-order valence-corrected chi connectivity index (χ1v) is 8.22. The Hall–Kier alpha value is -1.43. The Kier molecular flexibility index (Phi) is 4.53. The maximum absolute atomic E-state index is 6.27. The Morgan fingerprint density at radius 3 is 3.00 bits per heavy atom. The van der Waals surface area contributed by atoms with Crippen molar-refractivity contribution < 1.29 is 4.74 Å². The SMILES string of the molecule is CC1CN(c2nc(CC(N)c3ccccc3)cs2)CCO1. The van der Waals surface area contributed by atoms with Crippen LogP contribution in [0, 0.1) is 0 Å². The Morgan fingerprint density at radius 2 is 2.24 bits per heavy atom. The second-order valence-corrected chi connectivity index (χ2v) is 6.31. The molecule has 2 heterocycles. The van der Waals surface area contributed by atoms with Gasteiger partial charge in [-0.1, -0.05) is 30.3 Å². The number of nitrogens with two attached hydrogens (primary N) is 1. The predicted octanol–water partition coefficient (Wildman–Crippen LogP) is 2.61. The van der Waals surface area contributed by atoms with Crippen LogP contribution in [0.4, 0.5) is 5.13 Å². The number of rotatable bonds is 4. The molecule has 112 valence electrons. The number of hydrogen-bond donors (Lipinski definition) is 1. The fourth-order valence-corrected chi connectivity index (χ4v) is 3.45. The number of aromatic nitrogens is 1. The summed E-state index contributed by atoms with van der Waals surface area (Å²) in [7, 11) is 0. The Balaban J connectivity index is 1.65. The van der Waals surface area contributed by atoms with Crippen LogP contribution in [0.25, 0.3) is 0 Å². The van der Waals surface area contributed by atoms with Crippen LogP contribution in [0.5, 0.6) is 0 Å². The summed E-state index contributed by atoms with van der Waals surface area (Å²) in [6.45, 7) is 4.71. The van der Waals surface area contributed by atoms with E-state index in [9.17, 15) is 0 Å². The second kappa shape index (κ2) is 6.56. The summed E-state index contributed by atoms with van der Waals surface area (Å²) in [6.07, 6.45) is 1.05.